The monoisotopic (exact) mass is 328 g/mol. The van der Waals surface area contributed by atoms with E-state index in [0.29, 0.717) is 11.8 Å². The van der Waals surface area contributed by atoms with Gasteiger partial charge in [0.2, 0.25) is 0 Å². The molecule has 0 saturated carbocycles. The number of hydrogen-bond acceptors (Lipinski definition) is 3. The van der Waals surface area contributed by atoms with Crippen LogP contribution in [-0.4, -0.2) is 24.5 Å². The Kier molecular flexibility index (Phi) is 4.96. The summed E-state index contributed by atoms with van der Waals surface area (Å²) in [6.07, 6.45) is 1.16. The van der Waals surface area contributed by atoms with Crippen LogP contribution in [0.25, 0.3) is 0 Å². The molecule has 0 aliphatic heterocycles. The Balaban J connectivity index is 1.47. The van der Waals surface area contributed by atoms with Crippen LogP contribution in [0, 0.1) is 0 Å². The number of rotatable bonds is 5. The number of nitrogens with zero attached hydrogens (tertiary/aromatic N) is 2. The molecule has 23 heavy (non-hydrogen) atoms. The fraction of sp³-hybridized carbons (Fsp3) is 0.444. The van der Waals surface area contributed by atoms with Crippen LogP contribution in [0.4, 0.5) is 0 Å². The second-order valence-corrected chi connectivity index (χ2v) is 7.17. The van der Waals surface area contributed by atoms with Crippen LogP contribution in [0.2, 0.25) is 0 Å². The van der Waals surface area contributed by atoms with E-state index in [-0.39, 0.29) is 0 Å². The molecule has 2 N–H and O–H groups in total. The van der Waals surface area contributed by atoms with Gasteiger partial charge in [-0.2, -0.15) is 0 Å². The minimum atomic E-state index is 0.483. The maximum absolute atomic E-state index is 4.64. The van der Waals surface area contributed by atoms with Crippen molar-refractivity contribution in [2.24, 2.45) is 4.99 Å². The molecule has 5 heteroatoms. The highest BCUT2D eigenvalue weighted by atomic mass is 32.1. The zero-order valence-electron chi connectivity index (χ0n) is 14.0. The Morgan fingerprint density at radius 3 is 2.87 bits per heavy atom. The zero-order valence-corrected chi connectivity index (χ0v) is 14.8. The standard InChI is InChI=1S/C18H24N4S/c1-12(2)16-11-23-17(22-16)10-21-18(19-3)20-9-14-8-13-6-4-5-7-15(13)14/h4-7,11-12,14H,8-10H2,1-3H3,(H2,19,20,21). The maximum atomic E-state index is 4.64. The predicted octanol–water partition coefficient (Wildman–Crippen LogP) is 3.27. The lowest BCUT2D eigenvalue weighted by atomic mass is 9.78. The molecule has 1 heterocycles. The molecule has 0 spiro atoms. The molecule has 1 aromatic carbocycles. The van der Waals surface area contributed by atoms with Gasteiger partial charge in [-0.25, -0.2) is 4.98 Å². The first-order valence-corrected chi connectivity index (χ1v) is 9.02. The smallest absolute Gasteiger partial charge is 0.191 e. The number of benzene rings is 1. The van der Waals surface area contributed by atoms with E-state index >= 15 is 0 Å². The first-order chi connectivity index (χ1) is 11.2. The summed E-state index contributed by atoms with van der Waals surface area (Å²) in [5, 5.41) is 10.0. The lowest BCUT2D eigenvalue weighted by molar-refractivity contribution is 0.583. The molecule has 0 bridgehead atoms. The van der Waals surface area contributed by atoms with E-state index in [1.165, 1.54) is 16.8 Å². The molecular formula is C18H24N4S. The Hall–Kier alpha value is -1.88. The third-order valence-corrected chi connectivity index (χ3v) is 5.14. The molecule has 4 nitrogen and oxygen atoms in total. The van der Waals surface area contributed by atoms with Crippen LogP contribution in [0.3, 0.4) is 0 Å². The van der Waals surface area contributed by atoms with E-state index in [2.05, 4.69) is 64.1 Å². The van der Waals surface area contributed by atoms with E-state index in [9.17, 15) is 0 Å². The van der Waals surface area contributed by atoms with Crippen molar-refractivity contribution >= 4 is 17.3 Å². The second-order valence-electron chi connectivity index (χ2n) is 6.23. The highest BCUT2D eigenvalue weighted by molar-refractivity contribution is 7.09. The van der Waals surface area contributed by atoms with Crippen LogP contribution >= 0.6 is 11.3 Å². The van der Waals surface area contributed by atoms with Crippen LogP contribution in [-0.2, 0) is 13.0 Å². The summed E-state index contributed by atoms with van der Waals surface area (Å²) in [5.41, 5.74) is 4.11. The van der Waals surface area contributed by atoms with Gasteiger partial charge in [0.25, 0.3) is 0 Å². The van der Waals surface area contributed by atoms with Gasteiger partial charge >= 0.3 is 0 Å². The van der Waals surface area contributed by atoms with Crippen molar-refractivity contribution in [2.45, 2.75) is 38.6 Å². The number of guanidine groups is 1. The molecule has 0 fully saturated rings. The zero-order chi connectivity index (χ0) is 16.2. The van der Waals surface area contributed by atoms with Crippen LogP contribution in [0.5, 0.6) is 0 Å². The van der Waals surface area contributed by atoms with Crippen molar-refractivity contribution in [1.29, 1.82) is 0 Å². The van der Waals surface area contributed by atoms with Crippen molar-refractivity contribution in [3.8, 4) is 0 Å². The first-order valence-electron chi connectivity index (χ1n) is 8.14. The number of thiazole rings is 1. The lowest BCUT2D eigenvalue weighted by Crippen LogP contribution is -2.40. The quantitative estimate of drug-likeness (QED) is 0.654. The maximum Gasteiger partial charge on any atom is 0.191 e. The summed E-state index contributed by atoms with van der Waals surface area (Å²) in [6, 6.07) is 8.67. The summed E-state index contributed by atoms with van der Waals surface area (Å²) >= 11 is 1.70. The van der Waals surface area contributed by atoms with Crippen molar-refractivity contribution < 1.29 is 0 Å². The number of fused-ring (bicyclic) bond motifs is 1. The van der Waals surface area contributed by atoms with E-state index in [0.717, 1.165) is 30.5 Å². The normalized spacial score (nSPS) is 16.9. The van der Waals surface area contributed by atoms with Gasteiger partial charge in [-0.3, -0.25) is 4.99 Å². The van der Waals surface area contributed by atoms with Crippen LogP contribution in [0.1, 0.15) is 47.5 Å². The van der Waals surface area contributed by atoms with Crippen LogP contribution < -0.4 is 10.6 Å². The average molecular weight is 328 g/mol. The summed E-state index contributed by atoms with van der Waals surface area (Å²) in [7, 11) is 1.81. The fourth-order valence-corrected chi connectivity index (χ4v) is 3.71. The molecular weight excluding hydrogens is 304 g/mol. The minimum absolute atomic E-state index is 0.483. The summed E-state index contributed by atoms with van der Waals surface area (Å²) in [4.78, 5) is 8.94. The molecule has 1 aliphatic carbocycles. The van der Waals surface area contributed by atoms with E-state index in [4.69, 9.17) is 0 Å². The van der Waals surface area contributed by atoms with Gasteiger partial charge < -0.3 is 10.6 Å². The van der Waals surface area contributed by atoms with Gasteiger partial charge in [0.1, 0.15) is 5.01 Å². The summed E-state index contributed by atoms with van der Waals surface area (Å²) in [6.45, 7) is 5.98. The van der Waals surface area contributed by atoms with E-state index in [1.807, 2.05) is 7.05 Å². The Bertz CT molecular complexity index is 690. The Morgan fingerprint density at radius 1 is 1.35 bits per heavy atom. The Morgan fingerprint density at radius 2 is 2.17 bits per heavy atom. The van der Waals surface area contributed by atoms with Gasteiger partial charge in [-0.15, -0.1) is 11.3 Å². The molecule has 2 aromatic rings. The average Bonchev–Trinajstić information content (AvgIpc) is 3.00. The van der Waals surface area contributed by atoms with Crippen molar-refractivity contribution in [3.05, 3.63) is 51.5 Å². The number of nitrogens with one attached hydrogen (secondary N) is 2. The molecule has 1 aliphatic rings. The topological polar surface area (TPSA) is 49.3 Å². The lowest BCUT2D eigenvalue weighted by Gasteiger charge is -2.30. The summed E-state index contributed by atoms with van der Waals surface area (Å²) < 4.78 is 0. The highest BCUT2D eigenvalue weighted by Gasteiger charge is 2.25. The first kappa shape index (κ1) is 16.0. The molecule has 1 aromatic heterocycles. The van der Waals surface area contributed by atoms with Gasteiger partial charge in [0, 0.05) is 24.9 Å². The molecule has 0 amide bonds. The molecule has 122 valence electrons. The predicted molar refractivity (Wildman–Crippen MR) is 97.3 cm³/mol. The molecule has 0 saturated heterocycles. The number of aromatic nitrogens is 1. The van der Waals surface area contributed by atoms with Crippen molar-refractivity contribution in [2.75, 3.05) is 13.6 Å². The molecule has 0 radical (unpaired) electrons. The summed E-state index contributed by atoms with van der Waals surface area (Å²) in [5.74, 6) is 1.92. The molecule has 3 rings (SSSR count). The second kappa shape index (κ2) is 7.13. The van der Waals surface area contributed by atoms with Crippen LogP contribution in [0.15, 0.2) is 34.6 Å². The number of aliphatic imine (C=N–C) groups is 1. The van der Waals surface area contributed by atoms with Gasteiger partial charge in [0.05, 0.1) is 12.2 Å². The van der Waals surface area contributed by atoms with Gasteiger partial charge in [0.15, 0.2) is 5.96 Å². The minimum Gasteiger partial charge on any atom is -0.356 e. The van der Waals surface area contributed by atoms with Crippen molar-refractivity contribution in [1.82, 2.24) is 15.6 Å². The largest absolute Gasteiger partial charge is 0.356 e. The van der Waals surface area contributed by atoms with Gasteiger partial charge in [-0.05, 0) is 23.5 Å². The van der Waals surface area contributed by atoms with E-state index in [1.54, 1.807) is 11.3 Å². The molecule has 1 atom stereocenters. The van der Waals surface area contributed by atoms with Gasteiger partial charge in [-0.1, -0.05) is 38.1 Å². The fourth-order valence-electron chi connectivity index (χ4n) is 2.82. The van der Waals surface area contributed by atoms with Crippen molar-refractivity contribution in [3.63, 3.8) is 0 Å². The Labute approximate surface area is 142 Å². The molecule has 1 unspecified atom stereocenters. The third-order valence-electron chi connectivity index (χ3n) is 4.27. The third kappa shape index (κ3) is 3.72. The highest BCUT2D eigenvalue weighted by Crippen LogP contribution is 2.33. The number of hydrogen-bond donors (Lipinski definition) is 2. The van der Waals surface area contributed by atoms with E-state index < -0.39 is 0 Å². The SMILES string of the molecule is CN=C(NCc1nc(C(C)C)cs1)NCC1Cc2ccccc21.